The average molecular weight is 480 g/mol. The van der Waals surface area contributed by atoms with Gasteiger partial charge < -0.3 is 10.2 Å². The molecule has 0 saturated heterocycles. The molecule has 0 fully saturated rings. The third kappa shape index (κ3) is 6.46. The molecule has 2 aromatic rings. The fourth-order valence-electron chi connectivity index (χ4n) is 3.38. The fraction of sp³-hybridized carbons (Fsp3) is 0.391. The Morgan fingerprint density at radius 3 is 2.16 bits per heavy atom. The van der Waals surface area contributed by atoms with E-state index in [1.165, 1.54) is 11.9 Å². The van der Waals surface area contributed by atoms with Gasteiger partial charge in [-0.15, -0.1) is 0 Å². The standard InChI is InChI=1S/C23H30ClN3O4S/c1-16(2)20-8-6-7-9-21(20)27(32(5,30)31)15-22(28)26(17(3)23(29)25-4)14-18-10-12-19(24)13-11-18/h6-13,16-17H,14-15H2,1-5H3,(H,25,29)/t17-/m1/s1. The zero-order valence-electron chi connectivity index (χ0n) is 19.0. The molecule has 9 heteroatoms. The summed E-state index contributed by atoms with van der Waals surface area (Å²) >= 11 is 5.96. The van der Waals surface area contributed by atoms with Crippen LogP contribution in [0.4, 0.5) is 5.69 Å². The van der Waals surface area contributed by atoms with Gasteiger partial charge >= 0.3 is 0 Å². The predicted molar refractivity (Wildman–Crippen MR) is 128 cm³/mol. The van der Waals surface area contributed by atoms with Gasteiger partial charge in [0.25, 0.3) is 0 Å². The lowest BCUT2D eigenvalue weighted by molar-refractivity contribution is -0.139. The van der Waals surface area contributed by atoms with E-state index in [1.54, 1.807) is 43.3 Å². The number of hydrogen-bond acceptors (Lipinski definition) is 4. The number of anilines is 1. The van der Waals surface area contributed by atoms with E-state index >= 15 is 0 Å². The van der Waals surface area contributed by atoms with Crippen LogP contribution in [-0.4, -0.2) is 51.0 Å². The van der Waals surface area contributed by atoms with Crippen molar-refractivity contribution in [2.24, 2.45) is 0 Å². The van der Waals surface area contributed by atoms with Crippen LogP contribution in [0.15, 0.2) is 48.5 Å². The van der Waals surface area contributed by atoms with Gasteiger partial charge in [0.05, 0.1) is 11.9 Å². The predicted octanol–water partition coefficient (Wildman–Crippen LogP) is 3.39. The minimum atomic E-state index is -3.76. The molecule has 0 bridgehead atoms. The molecule has 1 N–H and O–H groups in total. The smallest absolute Gasteiger partial charge is 0.244 e. The lowest BCUT2D eigenvalue weighted by Gasteiger charge is -2.32. The van der Waals surface area contributed by atoms with E-state index in [1.807, 2.05) is 26.0 Å². The zero-order valence-corrected chi connectivity index (χ0v) is 20.6. The Bertz CT molecular complexity index is 1060. The summed E-state index contributed by atoms with van der Waals surface area (Å²) in [5, 5.41) is 3.10. The number of nitrogens with zero attached hydrogens (tertiary/aromatic N) is 2. The number of carbonyl (C=O) groups is 2. The summed E-state index contributed by atoms with van der Waals surface area (Å²) < 4.78 is 26.5. The van der Waals surface area contributed by atoms with Crippen LogP contribution in [0.2, 0.25) is 5.02 Å². The Morgan fingerprint density at radius 1 is 1.03 bits per heavy atom. The topological polar surface area (TPSA) is 86.8 Å². The number of halogens is 1. The molecular weight excluding hydrogens is 450 g/mol. The number of likely N-dealkylation sites (N-methyl/N-ethyl adjacent to an activating group) is 1. The van der Waals surface area contributed by atoms with Gasteiger partial charge in [-0.25, -0.2) is 8.42 Å². The van der Waals surface area contributed by atoms with Crippen LogP contribution in [0.5, 0.6) is 0 Å². The van der Waals surface area contributed by atoms with Crippen LogP contribution in [-0.2, 0) is 26.2 Å². The fourth-order valence-corrected chi connectivity index (χ4v) is 4.37. The number of hydrogen-bond donors (Lipinski definition) is 1. The molecule has 174 valence electrons. The van der Waals surface area contributed by atoms with Crippen molar-refractivity contribution in [2.45, 2.75) is 39.3 Å². The minimum absolute atomic E-state index is 0.0560. The maximum atomic E-state index is 13.4. The molecule has 0 spiro atoms. The Labute approximate surface area is 195 Å². The van der Waals surface area contributed by atoms with Crippen LogP contribution in [0, 0.1) is 0 Å². The summed E-state index contributed by atoms with van der Waals surface area (Å²) in [5.74, 6) is -0.777. The Hall–Kier alpha value is -2.58. The highest BCUT2D eigenvalue weighted by molar-refractivity contribution is 7.92. The van der Waals surface area contributed by atoms with E-state index < -0.39 is 28.5 Å². The Morgan fingerprint density at radius 2 is 1.62 bits per heavy atom. The molecule has 2 rings (SSSR count). The van der Waals surface area contributed by atoms with Crippen LogP contribution in [0.3, 0.4) is 0 Å². The molecule has 0 aliphatic rings. The summed E-state index contributed by atoms with van der Waals surface area (Å²) in [6.07, 6.45) is 1.07. The lowest BCUT2D eigenvalue weighted by Crippen LogP contribution is -2.50. The second kappa shape index (κ2) is 10.8. The third-order valence-corrected chi connectivity index (χ3v) is 6.56. The summed E-state index contributed by atoms with van der Waals surface area (Å²) in [6, 6.07) is 13.2. The molecule has 0 aromatic heterocycles. The third-order valence-electron chi connectivity index (χ3n) is 5.19. The van der Waals surface area contributed by atoms with Crippen LogP contribution >= 0.6 is 11.6 Å². The minimum Gasteiger partial charge on any atom is -0.357 e. The van der Waals surface area contributed by atoms with Crippen molar-refractivity contribution in [3.63, 3.8) is 0 Å². The summed E-state index contributed by atoms with van der Waals surface area (Å²) in [5.41, 5.74) is 2.04. The highest BCUT2D eigenvalue weighted by atomic mass is 35.5. The van der Waals surface area contributed by atoms with Gasteiger partial charge in [-0.1, -0.05) is 55.8 Å². The monoisotopic (exact) mass is 479 g/mol. The second-order valence-electron chi connectivity index (χ2n) is 7.92. The first-order valence-electron chi connectivity index (χ1n) is 10.3. The Balaban J connectivity index is 2.44. The van der Waals surface area contributed by atoms with Gasteiger partial charge in [-0.2, -0.15) is 0 Å². The van der Waals surface area contributed by atoms with Gasteiger partial charge in [-0.05, 0) is 42.2 Å². The van der Waals surface area contributed by atoms with Crippen molar-refractivity contribution in [3.8, 4) is 0 Å². The van der Waals surface area contributed by atoms with Crippen molar-refractivity contribution in [2.75, 3.05) is 24.2 Å². The van der Waals surface area contributed by atoms with Crippen LogP contribution in [0.1, 0.15) is 37.8 Å². The molecule has 1 atom stereocenters. The maximum absolute atomic E-state index is 13.4. The maximum Gasteiger partial charge on any atom is 0.244 e. The number of sulfonamides is 1. The van der Waals surface area contributed by atoms with E-state index in [0.29, 0.717) is 10.7 Å². The van der Waals surface area contributed by atoms with Crippen molar-refractivity contribution in [1.29, 1.82) is 0 Å². The van der Waals surface area contributed by atoms with Gasteiger partial charge in [0.1, 0.15) is 12.6 Å². The van der Waals surface area contributed by atoms with Crippen LogP contribution < -0.4 is 9.62 Å². The molecule has 0 heterocycles. The molecule has 0 aliphatic heterocycles. The summed E-state index contributed by atoms with van der Waals surface area (Å²) in [6.45, 7) is 5.24. The second-order valence-corrected chi connectivity index (χ2v) is 10.3. The highest BCUT2D eigenvalue weighted by Gasteiger charge is 2.30. The normalized spacial score (nSPS) is 12.3. The van der Waals surface area contributed by atoms with Gasteiger partial charge in [-0.3, -0.25) is 13.9 Å². The molecule has 0 radical (unpaired) electrons. The number of benzene rings is 2. The van der Waals surface area contributed by atoms with E-state index in [4.69, 9.17) is 11.6 Å². The average Bonchev–Trinajstić information content (AvgIpc) is 2.75. The number of nitrogens with one attached hydrogen (secondary N) is 1. The van der Waals surface area contributed by atoms with E-state index in [-0.39, 0.29) is 18.4 Å². The van der Waals surface area contributed by atoms with Gasteiger partial charge in [0.15, 0.2) is 0 Å². The number of amides is 2. The van der Waals surface area contributed by atoms with Gasteiger partial charge in [0.2, 0.25) is 21.8 Å². The highest BCUT2D eigenvalue weighted by Crippen LogP contribution is 2.29. The lowest BCUT2D eigenvalue weighted by atomic mass is 10.0. The van der Waals surface area contributed by atoms with Crippen molar-refractivity contribution in [1.82, 2.24) is 10.2 Å². The largest absolute Gasteiger partial charge is 0.357 e. The van der Waals surface area contributed by atoms with E-state index in [0.717, 1.165) is 21.7 Å². The molecule has 7 nitrogen and oxygen atoms in total. The molecule has 2 amide bonds. The zero-order chi connectivity index (χ0) is 24.1. The van der Waals surface area contributed by atoms with E-state index in [2.05, 4.69) is 5.32 Å². The SMILES string of the molecule is CNC(=O)[C@@H](C)N(Cc1ccc(Cl)cc1)C(=O)CN(c1ccccc1C(C)C)S(C)(=O)=O. The van der Waals surface area contributed by atoms with E-state index in [9.17, 15) is 18.0 Å². The number of para-hydroxylation sites is 1. The first-order valence-corrected chi connectivity index (χ1v) is 12.5. The van der Waals surface area contributed by atoms with Gasteiger partial charge in [0, 0.05) is 18.6 Å². The first kappa shape index (κ1) is 25.7. The van der Waals surface area contributed by atoms with Crippen molar-refractivity contribution in [3.05, 3.63) is 64.7 Å². The number of rotatable bonds is 9. The van der Waals surface area contributed by atoms with Crippen molar-refractivity contribution < 1.29 is 18.0 Å². The molecular formula is C23H30ClN3O4S. The molecule has 0 saturated carbocycles. The summed E-state index contributed by atoms with van der Waals surface area (Å²) in [4.78, 5) is 27.1. The van der Waals surface area contributed by atoms with Crippen LogP contribution in [0.25, 0.3) is 0 Å². The molecule has 0 unspecified atom stereocenters. The number of carbonyl (C=O) groups excluding carboxylic acids is 2. The summed E-state index contributed by atoms with van der Waals surface area (Å²) in [7, 11) is -2.27. The van der Waals surface area contributed by atoms with Crippen molar-refractivity contribution >= 4 is 39.1 Å². The molecule has 0 aliphatic carbocycles. The molecule has 32 heavy (non-hydrogen) atoms. The first-order chi connectivity index (χ1) is 15.0. The Kier molecular flexibility index (Phi) is 8.69. The molecule has 2 aromatic carbocycles. The quantitative estimate of drug-likeness (QED) is 0.597.